The van der Waals surface area contributed by atoms with Crippen LogP contribution in [-0.2, 0) is 18.8 Å². The number of Topliss-reactive ketones (excluding diaryl/α,β-unsaturated/α-hetero) is 1. The monoisotopic (exact) mass is 380 g/mol. The summed E-state index contributed by atoms with van der Waals surface area (Å²) in [6.45, 7) is 10.3. The van der Waals surface area contributed by atoms with Crippen molar-refractivity contribution < 1.29 is 18.8 Å². The number of unbranched alkanes of at least 4 members (excludes halogenated alkanes) is 1. The average molecular weight is 381 g/mol. The number of carbonyl (C=O) groups is 2. The summed E-state index contributed by atoms with van der Waals surface area (Å²) >= 11 is 0. The number of carbonyl (C=O) groups excluding carboxylic acids is 2. The minimum atomic E-state index is -1.67. The van der Waals surface area contributed by atoms with Gasteiger partial charge in [-0.1, -0.05) is 32.9 Å². The summed E-state index contributed by atoms with van der Waals surface area (Å²) < 4.78 is 11.5. The molecular formula is C21H36O4Si. The number of ether oxygens (including phenoxy) is 1. The van der Waals surface area contributed by atoms with Crippen LogP contribution in [0.5, 0.6) is 0 Å². The van der Waals surface area contributed by atoms with Crippen molar-refractivity contribution >= 4 is 20.1 Å². The predicted molar refractivity (Wildman–Crippen MR) is 109 cm³/mol. The Morgan fingerprint density at radius 1 is 1.23 bits per heavy atom. The second kappa shape index (κ2) is 11.5. The van der Waals surface area contributed by atoms with E-state index in [4.69, 9.17) is 9.16 Å². The number of hydrogen-bond donors (Lipinski definition) is 0. The highest BCUT2D eigenvalue weighted by Gasteiger charge is 2.34. The highest BCUT2D eigenvalue weighted by molar-refractivity contribution is 6.73. The Kier molecular flexibility index (Phi) is 10.1. The van der Waals surface area contributed by atoms with E-state index < -0.39 is 8.32 Å². The lowest BCUT2D eigenvalue weighted by Gasteiger charge is -2.30. The summed E-state index contributed by atoms with van der Waals surface area (Å²) in [5, 5.41) is 0. The molecule has 0 aliphatic heterocycles. The third-order valence-electron chi connectivity index (χ3n) is 5.09. The van der Waals surface area contributed by atoms with Crippen LogP contribution in [0.4, 0.5) is 0 Å². The first kappa shape index (κ1) is 22.8. The van der Waals surface area contributed by atoms with Crippen molar-refractivity contribution in [2.45, 2.75) is 97.1 Å². The van der Waals surface area contributed by atoms with E-state index in [0.29, 0.717) is 19.3 Å². The van der Waals surface area contributed by atoms with Gasteiger partial charge in [-0.15, -0.1) is 0 Å². The number of allylic oxidation sites excluding steroid dienone is 3. The number of hydrogen-bond acceptors (Lipinski definition) is 4. The molecule has 1 atom stereocenters. The lowest BCUT2D eigenvalue weighted by atomic mass is 10.1. The smallest absolute Gasteiger partial charge is 0.306 e. The van der Waals surface area contributed by atoms with E-state index in [-0.39, 0.29) is 24.0 Å². The minimum absolute atomic E-state index is 0.0248. The second-order valence-corrected chi connectivity index (χ2v) is 12.0. The van der Waals surface area contributed by atoms with E-state index in [1.165, 1.54) is 0 Å². The molecule has 0 N–H and O–H groups in total. The van der Waals surface area contributed by atoms with Crippen molar-refractivity contribution in [3.05, 3.63) is 23.8 Å². The van der Waals surface area contributed by atoms with E-state index in [1.807, 2.05) is 32.1 Å². The first-order chi connectivity index (χ1) is 12.4. The Morgan fingerprint density at radius 3 is 2.46 bits per heavy atom. The summed E-state index contributed by atoms with van der Waals surface area (Å²) in [7, 11) is -1.67. The molecule has 0 aromatic carbocycles. The van der Waals surface area contributed by atoms with Crippen LogP contribution in [-0.4, -0.2) is 32.3 Å². The highest BCUT2D eigenvalue weighted by atomic mass is 28.4. The molecule has 1 unspecified atom stereocenters. The lowest BCUT2D eigenvalue weighted by molar-refractivity contribution is -0.147. The fraction of sp³-hybridized carbons (Fsp3) is 0.714. The first-order valence-corrected chi connectivity index (χ1v) is 12.6. The van der Waals surface area contributed by atoms with Crippen LogP contribution in [0.3, 0.4) is 0 Å². The quantitative estimate of drug-likeness (QED) is 0.198. The van der Waals surface area contributed by atoms with Gasteiger partial charge in [-0.3, -0.25) is 9.59 Å². The first-order valence-electron chi connectivity index (χ1n) is 10.1. The van der Waals surface area contributed by atoms with Crippen LogP contribution in [0.2, 0.25) is 18.1 Å². The van der Waals surface area contributed by atoms with Gasteiger partial charge in [0.15, 0.2) is 14.1 Å². The zero-order chi connectivity index (χ0) is 19.6. The van der Waals surface area contributed by atoms with E-state index in [1.54, 1.807) is 0 Å². The summed E-state index contributed by atoms with van der Waals surface area (Å²) in [5.41, 5.74) is 0.872. The van der Waals surface area contributed by atoms with Gasteiger partial charge in [0.2, 0.25) is 0 Å². The molecule has 0 saturated heterocycles. The van der Waals surface area contributed by atoms with Gasteiger partial charge in [-0.05, 0) is 62.9 Å². The van der Waals surface area contributed by atoms with E-state index >= 15 is 0 Å². The zero-order valence-corrected chi connectivity index (χ0v) is 18.2. The summed E-state index contributed by atoms with van der Waals surface area (Å²) in [6, 6.07) is 3.31. The van der Waals surface area contributed by atoms with Crippen molar-refractivity contribution in [1.82, 2.24) is 0 Å². The Bertz CT molecular complexity index is 510. The predicted octanol–water partition coefficient (Wildman–Crippen LogP) is 5.34. The molecule has 148 valence electrons. The molecule has 5 heteroatoms. The Balaban J connectivity index is 2.40. The number of ketones is 1. The summed E-state index contributed by atoms with van der Waals surface area (Å²) in [4.78, 5) is 23.7. The van der Waals surface area contributed by atoms with Crippen molar-refractivity contribution in [2.75, 3.05) is 0 Å². The molecule has 1 rings (SSSR count). The van der Waals surface area contributed by atoms with Gasteiger partial charge in [0.25, 0.3) is 0 Å². The molecule has 0 amide bonds. The summed E-state index contributed by atoms with van der Waals surface area (Å²) in [6.07, 6.45) is 9.25. The van der Waals surface area contributed by atoms with Crippen molar-refractivity contribution in [3.8, 4) is 0 Å². The van der Waals surface area contributed by atoms with Gasteiger partial charge in [-0.2, -0.15) is 0 Å². The van der Waals surface area contributed by atoms with Gasteiger partial charge < -0.3 is 9.16 Å². The molecule has 1 aliphatic carbocycles. The van der Waals surface area contributed by atoms with E-state index in [0.717, 1.165) is 36.5 Å². The Labute approximate surface area is 160 Å². The molecule has 0 aromatic heterocycles. The number of rotatable bonds is 12. The average Bonchev–Trinajstić information content (AvgIpc) is 2.94. The normalized spacial score (nSPS) is 18.0. The van der Waals surface area contributed by atoms with E-state index in [2.05, 4.69) is 20.8 Å². The second-order valence-electron chi connectivity index (χ2n) is 7.33. The largest absolute Gasteiger partial charge is 0.463 e. The zero-order valence-electron chi connectivity index (χ0n) is 17.2. The van der Waals surface area contributed by atoms with Crippen LogP contribution in [0, 0.1) is 0 Å². The van der Waals surface area contributed by atoms with Crippen LogP contribution >= 0.6 is 0 Å². The van der Waals surface area contributed by atoms with E-state index in [9.17, 15) is 9.59 Å². The van der Waals surface area contributed by atoms with Crippen molar-refractivity contribution in [2.24, 2.45) is 0 Å². The molecule has 0 bridgehead atoms. The van der Waals surface area contributed by atoms with Gasteiger partial charge in [0.1, 0.15) is 0 Å². The molecule has 0 radical (unpaired) electrons. The molecule has 0 heterocycles. The number of esters is 1. The molecule has 0 aromatic rings. The van der Waals surface area contributed by atoms with Gasteiger partial charge >= 0.3 is 5.97 Å². The molecule has 26 heavy (non-hydrogen) atoms. The maximum atomic E-state index is 12.2. The fourth-order valence-corrected chi connectivity index (χ4v) is 6.08. The van der Waals surface area contributed by atoms with Gasteiger partial charge in [0, 0.05) is 12.8 Å². The fourth-order valence-electron chi connectivity index (χ4n) is 3.28. The van der Waals surface area contributed by atoms with Gasteiger partial charge in [-0.25, -0.2) is 0 Å². The van der Waals surface area contributed by atoms with Gasteiger partial charge in [0.05, 0.1) is 12.2 Å². The molecule has 0 saturated carbocycles. The SMILES string of the molecule is CC[Si](CC)(CC)OC1C=C(CC=CCCCC(=O)OC(C)C)C(=O)C1. The van der Waals surface area contributed by atoms with Crippen molar-refractivity contribution in [3.63, 3.8) is 0 Å². The third-order valence-corrected chi connectivity index (χ3v) is 9.76. The standard InChI is InChI=1S/C21H36O4Si/c1-6-26(7-2,8-3)25-19-15-18(20(22)16-19)13-11-9-10-12-14-21(23)24-17(4)5/h9,11,15,17,19H,6-8,10,12-14,16H2,1-5H3. The molecule has 1 aliphatic rings. The maximum Gasteiger partial charge on any atom is 0.306 e. The van der Waals surface area contributed by atoms with Crippen LogP contribution < -0.4 is 0 Å². The molecule has 4 nitrogen and oxygen atoms in total. The van der Waals surface area contributed by atoms with Crippen LogP contribution in [0.1, 0.15) is 66.7 Å². The third kappa shape index (κ3) is 7.58. The lowest BCUT2D eigenvalue weighted by Crippen LogP contribution is -2.39. The Hall–Kier alpha value is -1.20. The van der Waals surface area contributed by atoms with Crippen LogP contribution in [0.25, 0.3) is 0 Å². The Morgan fingerprint density at radius 2 is 1.88 bits per heavy atom. The molecule has 0 spiro atoms. The van der Waals surface area contributed by atoms with Crippen molar-refractivity contribution in [1.29, 1.82) is 0 Å². The molecular weight excluding hydrogens is 344 g/mol. The molecule has 0 fully saturated rings. The topological polar surface area (TPSA) is 52.6 Å². The highest BCUT2D eigenvalue weighted by Crippen LogP contribution is 2.29. The summed E-state index contributed by atoms with van der Waals surface area (Å²) in [5.74, 6) is 0.0730. The van der Waals surface area contributed by atoms with Crippen LogP contribution in [0.15, 0.2) is 23.8 Å². The minimum Gasteiger partial charge on any atom is -0.463 e. The maximum absolute atomic E-state index is 12.2.